The maximum atomic E-state index is 12.7. The summed E-state index contributed by atoms with van der Waals surface area (Å²) in [7, 11) is 1.44. The van der Waals surface area contributed by atoms with Crippen molar-refractivity contribution in [3.8, 4) is 0 Å². The molecule has 0 amide bonds. The Morgan fingerprint density at radius 2 is 0.983 bits per heavy atom. The number of phosphoric acid groups is 1. The Balaban J connectivity index is 4.37. The lowest BCUT2D eigenvalue weighted by Gasteiger charge is -2.24. The molecule has 1 N–H and O–H groups in total. The number of rotatable bonds is 41. The normalized spacial score (nSPS) is 14.1. The summed E-state index contributed by atoms with van der Waals surface area (Å²) in [5.41, 5.74) is 0. The molecule has 0 spiro atoms. The highest BCUT2D eigenvalue weighted by Gasteiger charge is 2.27. The number of unbranched alkanes of at least 4 members (excludes halogenated alkanes) is 17. The van der Waals surface area contributed by atoms with Gasteiger partial charge in [0.2, 0.25) is 0 Å². The molecule has 2 atom stereocenters. The van der Waals surface area contributed by atoms with Gasteiger partial charge in [-0.05, 0) is 77.0 Å². The Labute approximate surface area is 356 Å². The maximum Gasteiger partial charge on any atom is 0.472 e. The highest BCUT2D eigenvalue weighted by Crippen LogP contribution is 2.43. The molecule has 9 nitrogen and oxygen atoms in total. The molecule has 0 aromatic heterocycles. The summed E-state index contributed by atoms with van der Waals surface area (Å²) in [5, 5.41) is 0. The first kappa shape index (κ1) is 55.7. The summed E-state index contributed by atoms with van der Waals surface area (Å²) >= 11 is 0. The summed E-state index contributed by atoms with van der Waals surface area (Å²) < 4.78 is 34.3. The number of hydrogen-bond acceptors (Lipinski definition) is 7. The van der Waals surface area contributed by atoms with Crippen LogP contribution >= 0.6 is 7.82 Å². The van der Waals surface area contributed by atoms with Crippen molar-refractivity contribution in [2.24, 2.45) is 0 Å². The van der Waals surface area contributed by atoms with Gasteiger partial charge in [0.05, 0.1) is 27.7 Å². The van der Waals surface area contributed by atoms with Crippen LogP contribution in [0.5, 0.6) is 0 Å². The molecule has 0 aliphatic rings. The fraction of sp³-hybridized carbons (Fsp3) is 0.750. The Kier molecular flexibility index (Phi) is 38.5. The van der Waals surface area contributed by atoms with Gasteiger partial charge in [-0.15, -0.1) is 0 Å². The third kappa shape index (κ3) is 43.3. The van der Waals surface area contributed by atoms with Crippen molar-refractivity contribution in [1.82, 2.24) is 0 Å². The van der Waals surface area contributed by atoms with Crippen LogP contribution in [0.4, 0.5) is 0 Å². The maximum absolute atomic E-state index is 12.7. The second-order valence-corrected chi connectivity index (χ2v) is 17.9. The van der Waals surface area contributed by atoms with Gasteiger partial charge in [-0.25, -0.2) is 4.57 Å². The first-order valence-electron chi connectivity index (χ1n) is 23.0. The van der Waals surface area contributed by atoms with Crippen LogP contribution < -0.4 is 0 Å². The van der Waals surface area contributed by atoms with E-state index < -0.39 is 26.5 Å². The lowest BCUT2D eigenvalue weighted by molar-refractivity contribution is -0.870. The van der Waals surface area contributed by atoms with Crippen LogP contribution in [0.3, 0.4) is 0 Å². The molecule has 0 aliphatic heterocycles. The van der Waals surface area contributed by atoms with Gasteiger partial charge in [-0.2, -0.15) is 0 Å². The van der Waals surface area contributed by atoms with E-state index in [0.29, 0.717) is 17.4 Å². The molecule has 0 saturated carbocycles. The Morgan fingerprint density at radius 1 is 0.552 bits per heavy atom. The monoisotopic (exact) mass is 837 g/mol. The number of hydrogen-bond donors (Lipinski definition) is 1. The molecule has 0 aromatic rings. The topological polar surface area (TPSA) is 108 Å². The molecule has 58 heavy (non-hydrogen) atoms. The van der Waals surface area contributed by atoms with E-state index in [-0.39, 0.29) is 32.0 Å². The zero-order valence-electron chi connectivity index (χ0n) is 37.8. The van der Waals surface area contributed by atoms with E-state index in [1.54, 1.807) is 0 Å². The SMILES string of the molecule is CC/C=C/C/C=C/C/C=C/C/C=C/CCCCC(=O)O[C@H](COC(=O)CCCCCCCCCCC/C=C/CCCCCCCC)COP(=O)(O)OCC[N+](C)(C)C. The highest BCUT2D eigenvalue weighted by atomic mass is 31.2. The molecule has 0 fully saturated rings. The molecule has 0 saturated heterocycles. The van der Waals surface area contributed by atoms with Gasteiger partial charge in [0.1, 0.15) is 19.8 Å². The Hall–Kier alpha value is -2.29. The molecule has 10 heteroatoms. The lowest BCUT2D eigenvalue weighted by Crippen LogP contribution is -2.37. The summed E-state index contributed by atoms with van der Waals surface area (Å²) in [6, 6.07) is 0. The molecule has 0 heterocycles. The standard InChI is InChI=1S/C48H86NO8P/c1-6-8-10-12-14-16-18-20-22-23-24-25-27-28-30-32-34-36-38-40-47(50)54-44-46(45-56-58(52,53)55-43-42-49(3,4)5)57-48(51)41-39-37-35-33-31-29-26-21-19-17-15-13-11-9-7-2/h9,11,15,17,20-22,26,31,33,46H,6-8,10,12-14,16,18-19,23-25,27-30,32,34-45H2,1-5H3/p+1/b11-9+,17-15+,22-20+,26-21+,33-31+/t46-/m1/s1. The number of ether oxygens (including phenoxy) is 2. The fourth-order valence-electron chi connectivity index (χ4n) is 5.94. The number of likely N-dealkylation sites (N-methyl/N-ethyl adjacent to an activating group) is 1. The van der Waals surface area contributed by atoms with E-state index in [0.717, 1.165) is 57.8 Å². The van der Waals surface area contributed by atoms with Crippen LogP contribution in [-0.2, 0) is 32.7 Å². The van der Waals surface area contributed by atoms with Crippen molar-refractivity contribution in [2.45, 2.75) is 187 Å². The third-order valence-corrected chi connectivity index (χ3v) is 10.5. The van der Waals surface area contributed by atoms with Crippen molar-refractivity contribution in [3.63, 3.8) is 0 Å². The van der Waals surface area contributed by atoms with E-state index in [1.807, 2.05) is 21.1 Å². The first-order chi connectivity index (χ1) is 28.0. The fourth-order valence-corrected chi connectivity index (χ4v) is 6.68. The molecule has 0 radical (unpaired) electrons. The number of carbonyl (C=O) groups is 2. The average molecular weight is 837 g/mol. The van der Waals surface area contributed by atoms with E-state index in [9.17, 15) is 19.0 Å². The second-order valence-electron chi connectivity index (χ2n) is 16.4. The minimum Gasteiger partial charge on any atom is -0.462 e. The number of quaternary nitrogens is 1. The molecule has 336 valence electrons. The summed E-state index contributed by atoms with van der Waals surface area (Å²) in [6.45, 7) is 4.25. The van der Waals surface area contributed by atoms with Gasteiger partial charge < -0.3 is 18.9 Å². The predicted octanol–water partition coefficient (Wildman–Crippen LogP) is 13.2. The van der Waals surface area contributed by atoms with Gasteiger partial charge in [0.25, 0.3) is 0 Å². The van der Waals surface area contributed by atoms with E-state index in [1.165, 1.54) is 89.9 Å². The van der Waals surface area contributed by atoms with E-state index in [2.05, 4.69) is 74.6 Å². The first-order valence-corrected chi connectivity index (χ1v) is 24.5. The van der Waals surface area contributed by atoms with Gasteiger partial charge >= 0.3 is 19.8 Å². The minimum atomic E-state index is -4.39. The molecule has 0 aromatic carbocycles. The zero-order valence-corrected chi connectivity index (χ0v) is 38.7. The molecule has 0 aliphatic carbocycles. The van der Waals surface area contributed by atoms with Gasteiger partial charge in [0, 0.05) is 12.8 Å². The van der Waals surface area contributed by atoms with Crippen molar-refractivity contribution < 1.29 is 42.1 Å². The average Bonchev–Trinajstić information content (AvgIpc) is 3.17. The molecular formula is C48H87NO8P+. The molecule has 0 bridgehead atoms. The molecule has 1 unspecified atom stereocenters. The number of phosphoric ester groups is 1. The van der Waals surface area contributed by atoms with Crippen molar-refractivity contribution in [3.05, 3.63) is 60.8 Å². The summed E-state index contributed by atoms with van der Waals surface area (Å²) in [5.74, 6) is -0.851. The quantitative estimate of drug-likeness (QED) is 0.0213. The Bertz CT molecular complexity index is 1170. The summed E-state index contributed by atoms with van der Waals surface area (Å²) in [6.07, 6.45) is 48.5. The van der Waals surface area contributed by atoms with Crippen LogP contribution in [0.2, 0.25) is 0 Å². The smallest absolute Gasteiger partial charge is 0.462 e. The highest BCUT2D eigenvalue weighted by molar-refractivity contribution is 7.47. The van der Waals surface area contributed by atoms with Crippen molar-refractivity contribution in [2.75, 3.05) is 47.5 Å². The van der Waals surface area contributed by atoms with Crippen molar-refractivity contribution in [1.29, 1.82) is 0 Å². The molecule has 0 rings (SSSR count). The van der Waals surface area contributed by atoms with Crippen molar-refractivity contribution >= 4 is 19.8 Å². The number of carbonyl (C=O) groups excluding carboxylic acids is 2. The van der Waals surface area contributed by atoms with Gasteiger partial charge in [-0.3, -0.25) is 18.6 Å². The molecular weight excluding hydrogens is 750 g/mol. The minimum absolute atomic E-state index is 0.0211. The number of allylic oxidation sites excluding steroid dienone is 10. The second kappa shape index (κ2) is 40.1. The number of nitrogens with zero attached hydrogens (tertiary/aromatic N) is 1. The van der Waals surface area contributed by atoms with Crippen LogP contribution in [0, 0.1) is 0 Å². The summed E-state index contributed by atoms with van der Waals surface area (Å²) in [4.78, 5) is 35.4. The van der Waals surface area contributed by atoms with E-state index in [4.69, 9.17) is 18.5 Å². The third-order valence-electron chi connectivity index (χ3n) is 9.53. The number of esters is 2. The van der Waals surface area contributed by atoms with Gasteiger partial charge in [0.15, 0.2) is 6.10 Å². The largest absolute Gasteiger partial charge is 0.472 e. The Morgan fingerprint density at radius 3 is 1.52 bits per heavy atom. The van der Waals surface area contributed by atoms with Crippen LogP contribution in [0.25, 0.3) is 0 Å². The van der Waals surface area contributed by atoms with E-state index >= 15 is 0 Å². The van der Waals surface area contributed by atoms with Gasteiger partial charge in [-0.1, -0.05) is 152 Å². The van der Waals surface area contributed by atoms with Crippen LogP contribution in [0.1, 0.15) is 181 Å². The van der Waals surface area contributed by atoms with Crippen LogP contribution in [0.15, 0.2) is 60.8 Å². The van der Waals surface area contributed by atoms with Crippen LogP contribution in [-0.4, -0.2) is 74.9 Å². The zero-order chi connectivity index (χ0) is 42.8. The lowest BCUT2D eigenvalue weighted by atomic mass is 10.1. The predicted molar refractivity (Wildman–Crippen MR) is 243 cm³/mol.